The van der Waals surface area contributed by atoms with Gasteiger partial charge in [-0.3, -0.25) is 4.79 Å². The second-order valence-electron chi connectivity index (χ2n) is 4.59. The number of carboxylic acids is 1. The van der Waals surface area contributed by atoms with Gasteiger partial charge in [-0.05, 0) is 25.2 Å². The molecule has 104 valence electrons. The van der Waals surface area contributed by atoms with Crippen LogP contribution in [0.25, 0.3) is 0 Å². The number of nitrogens with one attached hydrogen (secondary N) is 1. The first-order chi connectivity index (χ1) is 8.63. The van der Waals surface area contributed by atoms with E-state index in [2.05, 4.69) is 5.32 Å². The zero-order valence-electron chi connectivity index (χ0n) is 10.9. The maximum absolute atomic E-state index is 11.7. The van der Waals surface area contributed by atoms with Crippen molar-refractivity contribution in [2.24, 2.45) is 5.92 Å². The van der Waals surface area contributed by atoms with Crippen molar-refractivity contribution < 1.29 is 19.4 Å². The molecule has 1 aliphatic heterocycles. The fourth-order valence-corrected chi connectivity index (χ4v) is 2.12. The quantitative estimate of drug-likeness (QED) is 0.694. The number of urea groups is 1. The van der Waals surface area contributed by atoms with Gasteiger partial charge in [0.1, 0.15) is 0 Å². The highest BCUT2D eigenvalue weighted by Gasteiger charge is 2.22. The van der Waals surface area contributed by atoms with Crippen LogP contribution >= 0.6 is 0 Å². The Morgan fingerprint density at radius 2 is 2.06 bits per heavy atom. The van der Waals surface area contributed by atoms with Crippen LogP contribution in [0.3, 0.4) is 0 Å². The lowest BCUT2D eigenvalue weighted by atomic mass is 9.92. The Balaban J connectivity index is 2.17. The van der Waals surface area contributed by atoms with Gasteiger partial charge in [0.25, 0.3) is 0 Å². The summed E-state index contributed by atoms with van der Waals surface area (Å²) >= 11 is 0. The molecule has 0 aromatic carbocycles. The number of methoxy groups -OCH3 is 1. The van der Waals surface area contributed by atoms with Gasteiger partial charge in [0.05, 0.1) is 6.61 Å². The Bertz CT molecular complexity index is 275. The molecule has 0 atom stereocenters. The van der Waals surface area contributed by atoms with Gasteiger partial charge in [-0.2, -0.15) is 0 Å². The highest BCUT2D eigenvalue weighted by molar-refractivity contribution is 5.74. The molecule has 1 heterocycles. The third kappa shape index (κ3) is 5.35. The van der Waals surface area contributed by atoms with Crippen LogP contribution in [0, 0.1) is 5.92 Å². The Kier molecular flexibility index (Phi) is 6.49. The molecular weight excluding hydrogens is 236 g/mol. The number of carbonyl (C=O) groups excluding carboxylic acids is 1. The molecule has 1 aliphatic rings. The molecule has 18 heavy (non-hydrogen) atoms. The minimum atomic E-state index is -0.741. The van der Waals surface area contributed by atoms with Crippen molar-refractivity contribution in [2.75, 3.05) is 33.4 Å². The molecule has 0 unspecified atom stereocenters. The van der Waals surface area contributed by atoms with Crippen LogP contribution in [-0.2, 0) is 9.53 Å². The van der Waals surface area contributed by atoms with E-state index in [-0.39, 0.29) is 12.5 Å². The molecule has 2 amide bonds. The fourth-order valence-electron chi connectivity index (χ4n) is 2.12. The molecular formula is C12H22N2O4. The van der Waals surface area contributed by atoms with Gasteiger partial charge in [-0.15, -0.1) is 0 Å². The molecule has 1 rings (SSSR count). The van der Waals surface area contributed by atoms with Gasteiger partial charge in [0, 0.05) is 33.2 Å². The normalized spacial score (nSPS) is 16.6. The summed E-state index contributed by atoms with van der Waals surface area (Å²) in [7, 11) is 1.60. The molecule has 0 saturated carbocycles. The molecule has 0 aromatic rings. The topological polar surface area (TPSA) is 78.9 Å². The van der Waals surface area contributed by atoms with E-state index in [0.717, 1.165) is 12.8 Å². The first-order valence-corrected chi connectivity index (χ1v) is 6.37. The number of ether oxygens (including phenoxy) is 1. The van der Waals surface area contributed by atoms with Crippen LogP contribution in [0.15, 0.2) is 0 Å². The second kappa shape index (κ2) is 7.92. The molecule has 0 spiro atoms. The third-order valence-electron chi connectivity index (χ3n) is 3.25. The van der Waals surface area contributed by atoms with Crippen LogP contribution in [0.4, 0.5) is 4.79 Å². The average molecular weight is 258 g/mol. The predicted octanol–water partition coefficient (Wildman–Crippen LogP) is 0.919. The van der Waals surface area contributed by atoms with E-state index in [1.807, 2.05) is 0 Å². The summed E-state index contributed by atoms with van der Waals surface area (Å²) in [5.41, 5.74) is 0. The Labute approximate surface area is 107 Å². The molecule has 1 fully saturated rings. The van der Waals surface area contributed by atoms with Crippen molar-refractivity contribution >= 4 is 12.0 Å². The van der Waals surface area contributed by atoms with Crippen molar-refractivity contribution in [3.05, 3.63) is 0 Å². The smallest absolute Gasteiger partial charge is 0.317 e. The van der Waals surface area contributed by atoms with E-state index in [1.54, 1.807) is 12.0 Å². The van der Waals surface area contributed by atoms with Crippen LogP contribution in [0.5, 0.6) is 0 Å². The Hall–Kier alpha value is -1.30. The summed E-state index contributed by atoms with van der Waals surface area (Å²) in [5.74, 6) is -0.307. The Morgan fingerprint density at radius 1 is 1.39 bits per heavy atom. The maximum atomic E-state index is 11.7. The SMILES string of the molecule is COCCNC(=O)N1CCC(CCC(=O)O)CC1. The van der Waals surface area contributed by atoms with Crippen LogP contribution in [-0.4, -0.2) is 55.4 Å². The van der Waals surface area contributed by atoms with Crippen molar-refractivity contribution in [3.63, 3.8) is 0 Å². The number of nitrogens with zero attached hydrogens (tertiary/aromatic N) is 1. The summed E-state index contributed by atoms with van der Waals surface area (Å²) in [6, 6.07) is -0.0521. The molecule has 0 aromatic heterocycles. The maximum Gasteiger partial charge on any atom is 0.317 e. The molecule has 2 N–H and O–H groups in total. The molecule has 1 saturated heterocycles. The lowest BCUT2D eigenvalue weighted by Crippen LogP contribution is -2.45. The van der Waals surface area contributed by atoms with E-state index in [4.69, 9.17) is 9.84 Å². The van der Waals surface area contributed by atoms with Crippen molar-refractivity contribution in [3.8, 4) is 0 Å². The predicted molar refractivity (Wildman–Crippen MR) is 66.4 cm³/mol. The first-order valence-electron chi connectivity index (χ1n) is 6.37. The standard InChI is InChI=1S/C12H22N2O4/c1-18-9-6-13-12(17)14-7-4-10(5-8-14)2-3-11(15)16/h10H,2-9H2,1H3,(H,13,17)(H,15,16). The van der Waals surface area contributed by atoms with E-state index < -0.39 is 5.97 Å². The van der Waals surface area contributed by atoms with Crippen LogP contribution < -0.4 is 5.32 Å². The zero-order valence-corrected chi connectivity index (χ0v) is 10.9. The lowest BCUT2D eigenvalue weighted by molar-refractivity contribution is -0.137. The largest absolute Gasteiger partial charge is 0.481 e. The van der Waals surface area contributed by atoms with Crippen molar-refractivity contribution in [2.45, 2.75) is 25.7 Å². The van der Waals surface area contributed by atoms with Gasteiger partial charge in [-0.1, -0.05) is 0 Å². The number of likely N-dealkylation sites (tertiary alicyclic amines) is 1. The number of amides is 2. The summed E-state index contributed by atoms with van der Waals surface area (Å²) in [5, 5.41) is 11.4. The van der Waals surface area contributed by atoms with Gasteiger partial charge < -0.3 is 20.1 Å². The first kappa shape index (κ1) is 14.8. The summed E-state index contributed by atoms with van der Waals surface area (Å²) in [6.45, 7) is 2.46. The van der Waals surface area contributed by atoms with Gasteiger partial charge >= 0.3 is 12.0 Å². The zero-order chi connectivity index (χ0) is 13.4. The molecule has 0 bridgehead atoms. The molecule has 0 radical (unpaired) electrons. The second-order valence-corrected chi connectivity index (χ2v) is 4.59. The van der Waals surface area contributed by atoms with Crippen molar-refractivity contribution in [1.82, 2.24) is 10.2 Å². The van der Waals surface area contributed by atoms with Gasteiger partial charge in [0.15, 0.2) is 0 Å². The summed E-state index contributed by atoms with van der Waals surface area (Å²) in [6.07, 6.45) is 2.73. The number of carboxylic acid groups (broad SMARTS) is 1. The van der Waals surface area contributed by atoms with Crippen molar-refractivity contribution in [1.29, 1.82) is 0 Å². The highest BCUT2D eigenvalue weighted by Crippen LogP contribution is 2.21. The number of hydrogen-bond acceptors (Lipinski definition) is 3. The summed E-state index contributed by atoms with van der Waals surface area (Å²) in [4.78, 5) is 24.0. The molecule has 6 heteroatoms. The number of rotatable bonds is 6. The Morgan fingerprint density at radius 3 is 2.61 bits per heavy atom. The van der Waals surface area contributed by atoms with Gasteiger partial charge in [0.2, 0.25) is 0 Å². The van der Waals surface area contributed by atoms with E-state index in [1.165, 1.54) is 0 Å². The van der Waals surface area contributed by atoms with E-state index in [0.29, 0.717) is 38.6 Å². The highest BCUT2D eigenvalue weighted by atomic mass is 16.5. The number of carbonyl (C=O) groups is 2. The fraction of sp³-hybridized carbons (Fsp3) is 0.833. The minimum Gasteiger partial charge on any atom is -0.481 e. The van der Waals surface area contributed by atoms with Crippen LogP contribution in [0.1, 0.15) is 25.7 Å². The van der Waals surface area contributed by atoms with E-state index >= 15 is 0 Å². The van der Waals surface area contributed by atoms with Gasteiger partial charge in [-0.25, -0.2) is 4.79 Å². The minimum absolute atomic E-state index is 0.0521. The average Bonchev–Trinajstić information content (AvgIpc) is 2.37. The molecule has 6 nitrogen and oxygen atoms in total. The van der Waals surface area contributed by atoms with E-state index in [9.17, 15) is 9.59 Å². The number of aliphatic carboxylic acids is 1. The molecule has 0 aliphatic carbocycles. The summed E-state index contributed by atoms with van der Waals surface area (Å²) < 4.78 is 4.86. The lowest BCUT2D eigenvalue weighted by Gasteiger charge is -2.31. The van der Waals surface area contributed by atoms with Crippen LogP contribution in [0.2, 0.25) is 0 Å². The number of hydrogen-bond donors (Lipinski definition) is 2. The third-order valence-corrected chi connectivity index (χ3v) is 3.25. The monoisotopic (exact) mass is 258 g/mol. The number of piperidine rings is 1.